The van der Waals surface area contributed by atoms with Crippen molar-refractivity contribution in [2.24, 2.45) is 0 Å². The molecule has 0 unspecified atom stereocenters. The second kappa shape index (κ2) is 9.06. The molecule has 0 aromatic heterocycles. The molecule has 1 aliphatic carbocycles. The van der Waals surface area contributed by atoms with E-state index >= 15 is 0 Å². The van der Waals surface area contributed by atoms with Gasteiger partial charge in [0.25, 0.3) is 0 Å². The standard InChI is InChI=1S/C23H34N2O5/c1-21(2,3)29-19(27)24-25(20(28)30-22(4,5)6)23(15-11-8-12-16-23)18(26)17-13-9-7-10-14-17/h7,9-10,13-14H,8,11-12,15-16H2,1-6H3,(H,24,27). The Balaban J connectivity index is 2.47. The van der Waals surface area contributed by atoms with Crippen LogP contribution in [0.25, 0.3) is 0 Å². The lowest BCUT2D eigenvalue weighted by Gasteiger charge is -2.44. The van der Waals surface area contributed by atoms with Gasteiger partial charge in [-0.3, -0.25) is 4.79 Å². The Labute approximate surface area is 179 Å². The Hall–Kier alpha value is -2.57. The predicted molar refractivity (Wildman–Crippen MR) is 114 cm³/mol. The third kappa shape index (κ3) is 6.21. The van der Waals surface area contributed by atoms with Crippen LogP contribution in [-0.2, 0) is 9.47 Å². The number of ether oxygens (including phenoxy) is 2. The average molecular weight is 419 g/mol. The van der Waals surface area contributed by atoms with Crippen LogP contribution >= 0.6 is 0 Å². The van der Waals surface area contributed by atoms with Gasteiger partial charge >= 0.3 is 12.2 Å². The van der Waals surface area contributed by atoms with Crippen LogP contribution in [0.1, 0.15) is 84.0 Å². The summed E-state index contributed by atoms with van der Waals surface area (Å²) in [6, 6.07) is 8.83. The van der Waals surface area contributed by atoms with Gasteiger partial charge in [0.05, 0.1) is 0 Å². The van der Waals surface area contributed by atoms with Gasteiger partial charge in [-0.1, -0.05) is 49.6 Å². The smallest absolute Gasteiger partial charge is 0.430 e. The normalized spacial score (nSPS) is 16.3. The van der Waals surface area contributed by atoms with Gasteiger partial charge in [-0.25, -0.2) is 20.0 Å². The van der Waals surface area contributed by atoms with E-state index in [4.69, 9.17) is 9.47 Å². The molecule has 1 saturated carbocycles. The van der Waals surface area contributed by atoms with Crippen LogP contribution in [0.15, 0.2) is 30.3 Å². The fourth-order valence-electron chi connectivity index (χ4n) is 3.57. The first-order valence-corrected chi connectivity index (χ1v) is 10.5. The van der Waals surface area contributed by atoms with Gasteiger partial charge in [-0.15, -0.1) is 0 Å². The van der Waals surface area contributed by atoms with Crippen molar-refractivity contribution in [3.63, 3.8) is 0 Å². The Morgan fingerprint density at radius 2 is 1.40 bits per heavy atom. The first-order valence-electron chi connectivity index (χ1n) is 10.5. The minimum atomic E-state index is -1.24. The number of amides is 2. The van der Waals surface area contributed by atoms with Crippen molar-refractivity contribution in [2.45, 2.75) is 90.4 Å². The monoisotopic (exact) mass is 418 g/mol. The van der Waals surface area contributed by atoms with Gasteiger partial charge in [0.1, 0.15) is 16.7 Å². The summed E-state index contributed by atoms with van der Waals surface area (Å²) in [7, 11) is 0. The second-order valence-electron chi connectivity index (χ2n) is 9.72. The van der Waals surface area contributed by atoms with E-state index < -0.39 is 28.9 Å². The lowest BCUT2D eigenvalue weighted by Crippen LogP contribution is -2.65. The third-order valence-electron chi connectivity index (χ3n) is 4.75. The fourth-order valence-corrected chi connectivity index (χ4v) is 3.57. The van der Waals surface area contributed by atoms with E-state index in [9.17, 15) is 14.4 Å². The van der Waals surface area contributed by atoms with Crippen LogP contribution in [0, 0.1) is 0 Å². The van der Waals surface area contributed by atoms with Crippen LogP contribution in [0.3, 0.4) is 0 Å². The molecule has 1 aliphatic rings. The second-order valence-corrected chi connectivity index (χ2v) is 9.72. The number of hydrogen-bond acceptors (Lipinski definition) is 5. The van der Waals surface area contributed by atoms with Crippen molar-refractivity contribution < 1.29 is 23.9 Å². The van der Waals surface area contributed by atoms with Gasteiger partial charge in [-0.2, -0.15) is 0 Å². The number of nitrogens with one attached hydrogen (secondary N) is 1. The van der Waals surface area contributed by atoms with Crippen molar-refractivity contribution in [2.75, 3.05) is 0 Å². The number of hydrazine groups is 1. The Morgan fingerprint density at radius 1 is 0.867 bits per heavy atom. The van der Waals surface area contributed by atoms with E-state index in [0.717, 1.165) is 24.3 Å². The number of rotatable bonds is 3. The molecule has 166 valence electrons. The lowest BCUT2D eigenvalue weighted by atomic mass is 9.76. The van der Waals surface area contributed by atoms with Crippen molar-refractivity contribution in [3.8, 4) is 0 Å². The molecule has 0 spiro atoms. The molecule has 1 N–H and O–H groups in total. The van der Waals surface area contributed by atoms with Crippen molar-refractivity contribution in [1.29, 1.82) is 0 Å². The number of benzene rings is 1. The summed E-state index contributed by atoms with van der Waals surface area (Å²) in [4.78, 5) is 39.4. The lowest BCUT2D eigenvalue weighted by molar-refractivity contribution is -0.0342. The average Bonchev–Trinajstić information content (AvgIpc) is 2.64. The van der Waals surface area contributed by atoms with Crippen LogP contribution in [0.5, 0.6) is 0 Å². The van der Waals surface area contributed by atoms with Crippen molar-refractivity contribution in [1.82, 2.24) is 10.4 Å². The highest BCUT2D eigenvalue weighted by Gasteiger charge is 2.50. The molecule has 1 aromatic rings. The molecule has 7 heteroatoms. The zero-order valence-electron chi connectivity index (χ0n) is 18.9. The molecular weight excluding hydrogens is 384 g/mol. The number of carbonyl (C=O) groups is 3. The predicted octanol–water partition coefficient (Wildman–Crippen LogP) is 5.25. The van der Waals surface area contributed by atoms with Crippen LogP contribution in [0.4, 0.5) is 9.59 Å². The Kier molecular flexibility index (Phi) is 7.16. The number of nitrogens with zero attached hydrogens (tertiary/aromatic N) is 1. The molecule has 30 heavy (non-hydrogen) atoms. The third-order valence-corrected chi connectivity index (χ3v) is 4.75. The summed E-state index contributed by atoms with van der Waals surface area (Å²) in [6.45, 7) is 10.4. The fraction of sp³-hybridized carbons (Fsp3) is 0.609. The summed E-state index contributed by atoms with van der Waals surface area (Å²) in [6.07, 6.45) is 1.74. The SMILES string of the molecule is CC(C)(C)OC(=O)NN(C(=O)OC(C)(C)C)C1(C(=O)c2ccccc2)CCCCC1. The van der Waals surface area contributed by atoms with E-state index in [-0.39, 0.29) is 5.78 Å². The highest BCUT2D eigenvalue weighted by atomic mass is 16.6. The molecule has 2 amide bonds. The van der Waals surface area contributed by atoms with Crippen molar-refractivity contribution >= 4 is 18.0 Å². The molecule has 0 aliphatic heterocycles. The molecule has 7 nitrogen and oxygen atoms in total. The molecular formula is C23H34N2O5. The number of carbonyl (C=O) groups excluding carboxylic acids is 3. The molecule has 1 aromatic carbocycles. The zero-order chi connectivity index (χ0) is 22.6. The maximum absolute atomic E-state index is 13.7. The number of ketones is 1. The molecule has 0 heterocycles. The molecule has 0 radical (unpaired) electrons. The Bertz CT molecular complexity index is 756. The Morgan fingerprint density at radius 3 is 1.90 bits per heavy atom. The zero-order valence-corrected chi connectivity index (χ0v) is 18.9. The van der Waals surface area contributed by atoms with E-state index in [2.05, 4.69) is 5.43 Å². The van der Waals surface area contributed by atoms with E-state index in [0.29, 0.717) is 18.4 Å². The maximum Gasteiger partial charge on any atom is 0.430 e. The van der Waals surface area contributed by atoms with Gasteiger partial charge in [0, 0.05) is 5.56 Å². The van der Waals surface area contributed by atoms with Gasteiger partial charge in [0.2, 0.25) is 0 Å². The van der Waals surface area contributed by atoms with Crippen molar-refractivity contribution in [3.05, 3.63) is 35.9 Å². The highest BCUT2D eigenvalue weighted by Crippen LogP contribution is 2.37. The minimum absolute atomic E-state index is 0.218. The summed E-state index contributed by atoms with van der Waals surface area (Å²) in [5.74, 6) is -0.218. The molecule has 0 bridgehead atoms. The number of hydrogen-bond donors (Lipinski definition) is 1. The van der Waals surface area contributed by atoms with Crippen LogP contribution < -0.4 is 5.43 Å². The molecule has 0 atom stereocenters. The molecule has 0 saturated heterocycles. The first kappa shape index (κ1) is 23.7. The molecule has 2 rings (SSSR count). The van der Waals surface area contributed by atoms with Crippen LogP contribution in [-0.4, -0.2) is 39.7 Å². The van der Waals surface area contributed by atoms with Gasteiger partial charge in [-0.05, 0) is 54.4 Å². The van der Waals surface area contributed by atoms with Gasteiger partial charge < -0.3 is 9.47 Å². The topological polar surface area (TPSA) is 84.9 Å². The minimum Gasteiger partial charge on any atom is -0.443 e. The molecule has 1 fully saturated rings. The first-order chi connectivity index (χ1) is 13.8. The summed E-state index contributed by atoms with van der Waals surface area (Å²) >= 11 is 0. The summed E-state index contributed by atoms with van der Waals surface area (Å²) in [5.41, 5.74) is 0.230. The maximum atomic E-state index is 13.7. The van der Waals surface area contributed by atoms with Gasteiger partial charge in [0.15, 0.2) is 5.78 Å². The van der Waals surface area contributed by atoms with E-state index in [1.807, 2.05) is 6.07 Å². The van der Waals surface area contributed by atoms with Crippen LogP contribution in [0.2, 0.25) is 0 Å². The highest BCUT2D eigenvalue weighted by molar-refractivity contribution is 6.05. The summed E-state index contributed by atoms with van der Waals surface area (Å²) < 4.78 is 10.9. The van der Waals surface area contributed by atoms with E-state index in [1.165, 1.54) is 0 Å². The largest absolute Gasteiger partial charge is 0.443 e. The summed E-state index contributed by atoms with van der Waals surface area (Å²) in [5, 5.41) is 1.07. The number of Topliss-reactive ketones (excluding diaryl/α,β-unsaturated/α-hetero) is 1. The quantitative estimate of drug-likeness (QED) is 0.535. The van der Waals surface area contributed by atoms with E-state index in [1.54, 1.807) is 65.8 Å².